The quantitative estimate of drug-likeness (QED) is 0.700. The Hall–Kier alpha value is -3.22. The molecule has 0 atom stereocenters. The summed E-state index contributed by atoms with van der Waals surface area (Å²) < 4.78 is 10.9. The van der Waals surface area contributed by atoms with E-state index in [4.69, 9.17) is 9.47 Å². The molecule has 0 spiro atoms. The van der Waals surface area contributed by atoms with Crippen LogP contribution in [-0.2, 0) is 9.59 Å². The molecule has 2 aromatic rings. The number of benzene rings is 2. The molecule has 0 aliphatic rings. The summed E-state index contributed by atoms with van der Waals surface area (Å²) >= 11 is 0. The Labute approximate surface area is 145 Å². The van der Waals surface area contributed by atoms with Crippen LogP contribution < -0.4 is 20.1 Å². The summed E-state index contributed by atoms with van der Waals surface area (Å²) in [6.45, 7) is 4.62. The summed E-state index contributed by atoms with van der Waals surface area (Å²) in [6, 6.07) is 10.8. The lowest BCUT2D eigenvalue weighted by Gasteiger charge is -2.13. The minimum absolute atomic E-state index is 0.00826. The van der Waals surface area contributed by atoms with E-state index in [1.165, 1.54) is 12.1 Å². The second-order valence-corrected chi connectivity index (χ2v) is 4.99. The highest BCUT2D eigenvalue weighted by Crippen LogP contribution is 2.30. The molecule has 3 N–H and O–H groups in total. The first-order chi connectivity index (χ1) is 12.0. The normalized spacial score (nSPS) is 10.0. The maximum absolute atomic E-state index is 12.0. The van der Waals surface area contributed by atoms with Crippen LogP contribution in [-0.4, -0.2) is 30.1 Å². The van der Waals surface area contributed by atoms with E-state index in [0.29, 0.717) is 36.1 Å². The van der Waals surface area contributed by atoms with Crippen molar-refractivity contribution in [3.8, 4) is 17.2 Å². The van der Waals surface area contributed by atoms with Crippen molar-refractivity contribution in [3.63, 3.8) is 0 Å². The zero-order valence-electron chi connectivity index (χ0n) is 14.0. The maximum Gasteiger partial charge on any atom is 0.314 e. The lowest BCUT2D eigenvalue weighted by molar-refractivity contribution is -0.133. The van der Waals surface area contributed by atoms with E-state index < -0.39 is 11.8 Å². The van der Waals surface area contributed by atoms with Crippen LogP contribution in [0.25, 0.3) is 0 Å². The zero-order valence-corrected chi connectivity index (χ0v) is 14.0. The average Bonchev–Trinajstić information content (AvgIpc) is 2.57. The predicted octanol–water partition coefficient (Wildman–Crippen LogP) is 2.77. The van der Waals surface area contributed by atoms with Crippen LogP contribution in [0.4, 0.5) is 11.4 Å². The number of amides is 2. The van der Waals surface area contributed by atoms with Gasteiger partial charge >= 0.3 is 11.8 Å². The Kier molecular flexibility index (Phi) is 6.22. The number of anilines is 2. The second kappa shape index (κ2) is 8.58. The minimum Gasteiger partial charge on any atom is -0.508 e. The van der Waals surface area contributed by atoms with Crippen molar-refractivity contribution >= 4 is 23.2 Å². The van der Waals surface area contributed by atoms with Crippen LogP contribution in [0.1, 0.15) is 13.8 Å². The maximum atomic E-state index is 12.0. The van der Waals surface area contributed by atoms with Gasteiger partial charge < -0.3 is 25.2 Å². The smallest absolute Gasteiger partial charge is 0.314 e. The molecule has 2 rings (SSSR count). The summed E-state index contributed by atoms with van der Waals surface area (Å²) in [5, 5.41) is 14.3. The Bertz CT molecular complexity index is 761. The van der Waals surface area contributed by atoms with Crippen molar-refractivity contribution in [1.29, 1.82) is 0 Å². The molecule has 2 amide bonds. The molecule has 7 nitrogen and oxygen atoms in total. The van der Waals surface area contributed by atoms with E-state index in [1.54, 1.807) is 30.3 Å². The third-order valence-corrected chi connectivity index (χ3v) is 3.11. The van der Waals surface area contributed by atoms with E-state index in [9.17, 15) is 14.7 Å². The number of carbonyl (C=O) groups excluding carboxylic acids is 2. The van der Waals surface area contributed by atoms with Gasteiger partial charge in [0.05, 0.1) is 13.2 Å². The molecule has 25 heavy (non-hydrogen) atoms. The number of nitrogens with one attached hydrogen (secondary N) is 2. The van der Waals surface area contributed by atoms with Crippen LogP contribution in [0.5, 0.6) is 17.2 Å². The minimum atomic E-state index is -0.850. The molecule has 0 aliphatic carbocycles. The van der Waals surface area contributed by atoms with Crippen molar-refractivity contribution in [2.24, 2.45) is 0 Å². The van der Waals surface area contributed by atoms with Gasteiger partial charge in [-0.25, -0.2) is 0 Å². The highest BCUT2D eigenvalue weighted by molar-refractivity contribution is 6.43. The summed E-state index contributed by atoms with van der Waals surface area (Å²) in [5.41, 5.74) is 0.727. The molecule has 0 fully saturated rings. The molecule has 0 saturated heterocycles. The standard InChI is InChI=1S/C18H20N2O5/c1-3-24-15-9-8-13(11-16(15)25-4-2)20-18(23)17(22)19-12-6-5-7-14(21)10-12/h5-11,21H,3-4H2,1-2H3,(H,19,22)(H,20,23). The van der Waals surface area contributed by atoms with E-state index in [2.05, 4.69) is 10.6 Å². The zero-order chi connectivity index (χ0) is 18.2. The topological polar surface area (TPSA) is 96.9 Å². The molecular formula is C18H20N2O5. The summed E-state index contributed by atoms with van der Waals surface area (Å²) in [5.74, 6) is -0.652. The molecular weight excluding hydrogens is 324 g/mol. The van der Waals surface area contributed by atoms with Crippen LogP contribution in [0.2, 0.25) is 0 Å². The number of hydrogen-bond acceptors (Lipinski definition) is 5. The molecule has 0 saturated carbocycles. The van der Waals surface area contributed by atoms with Crippen molar-refractivity contribution in [2.75, 3.05) is 23.8 Å². The first-order valence-corrected chi connectivity index (χ1v) is 7.84. The molecule has 0 heterocycles. The van der Waals surface area contributed by atoms with E-state index >= 15 is 0 Å². The number of rotatable bonds is 6. The van der Waals surface area contributed by atoms with Gasteiger partial charge in [0.15, 0.2) is 11.5 Å². The number of ether oxygens (including phenoxy) is 2. The van der Waals surface area contributed by atoms with Gasteiger partial charge in [0, 0.05) is 23.5 Å². The van der Waals surface area contributed by atoms with Crippen LogP contribution in [0, 0.1) is 0 Å². The Morgan fingerprint density at radius 3 is 2.08 bits per heavy atom. The van der Waals surface area contributed by atoms with Gasteiger partial charge in [-0.3, -0.25) is 9.59 Å². The summed E-state index contributed by atoms with van der Waals surface area (Å²) in [7, 11) is 0. The fraction of sp³-hybridized carbons (Fsp3) is 0.222. The monoisotopic (exact) mass is 344 g/mol. The number of carbonyl (C=O) groups is 2. The van der Waals surface area contributed by atoms with Gasteiger partial charge in [-0.1, -0.05) is 6.07 Å². The van der Waals surface area contributed by atoms with Gasteiger partial charge in [-0.15, -0.1) is 0 Å². The van der Waals surface area contributed by atoms with Gasteiger partial charge in [0.2, 0.25) is 0 Å². The Balaban J connectivity index is 2.06. The number of aromatic hydroxyl groups is 1. The molecule has 0 radical (unpaired) electrons. The third kappa shape index (κ3) is 5.13. The van der Waals surface area contributed by atoms with Crippen molar-refractivity contribution < 1.29 is 24.2 Å². The molecule has 0 unspecified atom stereocenters. The van der Waals surface area contributed by atoms with Crippen LogP contribution in [0.3, 0.4) is 0 Å². The molecule has 0 bridgehead atoms. The fourth-order valence-electron chi connectivity index (χ4n) is 2.09. The van der Waals surface area contributed by atoms with Crippen LogP contribution in [0.15, 0.2) is 42.5 Å². The highest BCUT2D eigenvalue weighted by Gasteiger charge is 2.15. The number of phenolic OH excluding ortho intramolecular Hbond substituents is 1. The molecule has 0 aliphatic heterocycles. The third-order valence-electron chi connectivity index (χ3n) is 3.11. The highest BCUT2D eigenvalue weighted by atomic mass is 16.5. The SMILES string of the molecule is CCOc1ccc(NC(=O)C(=O)Nc2cccc(O)c2)cc1OCC. The van der Waals surface area contributed by atoms with E-state index in [-0.39, 0.29) is 5.75 Å². The van der Waals surface area contributed by atoms with Gasteiger partial charge in [0.25, 0.3) is 0 Å². The lowest BCUT2D eigenvalue weighted by Crippen LogP contribution is -2.29. The Morgan fingerprint density at radius 2 is 1.48 bits per heavy atom. The fourth-order valence-corrected chi connectivity index (χ4v) is 2.09. The molecule has 0 aromatic heterocycles. The van der Waals surface area contributed by atoms with Gasteiger partial charge in [-0.2, -0.15) is 0 Å². The molecule has 132 valence electrons. The number of hydrogen-bond donors (Lipinski definition) is 3. The average molecular weight is 344 g/mol. The lowest BCUT2D eigenvalue weighted by atomic mass is 10.2. The first kappa shape index (κ1) is 18.1. The van der Waals surface area contributed by atoms with Gasteiger partial charge in [0.1, 0.15) is 5.75 Å². The second-order valence-electron chi connectivity index (χ2n) is 4.99. The largest absolute Gasteiger partial charge is 0.508 e. The van der Waals surface area contributed by atoms with Gasteiger partial charge in [-0.05, 0) is 38.1 Å². The summed E-state index contributed by atoms with van der Waals surface area (Å²) in [4.78, 5) is 24.0. The first-order valence-electron chi connectivity index (χ1n) is 7.84. The number of phenols is 1. The summed E-state index contributed by atoms with van der Waals surface area (Å²) in [6.07, 6.45) is 0. The van der Waals surface area contributed by atoms with E-state index in [0.717, 1.165) is 0 Å². The van der Waals surface area contributed by atoms with Crippen molar-refractivity contribution in [1.82, 2.24) is 0 Å². The van der Waals surface area contributed by atoms with Crippen molar-refractivity contribution in [3.05, 3.63) is 42.5 Å². The Morgan fingerprint density at radius 1 is 0.880 bits per heavy atom. The predicted molar refractivity (Wildman–Crippen MR) is 94.1 cm³/mol. The molecule has 7 heteroatoms. The van der Waals surface area contributed by atoms with Crippen LogP contribution >= 0.6 is 0 Å². The van der Waals surface area contributed by atoms with Crippen molar-refractivity contribution in [2.45, 2.75) is 13.8 Å². The van der Waals surface area contributed by atoms with E-state index in [1.807, 2.05) is 13.8 Å². The molecule has 2 aromatic carbocycles.